The fourth-order valence-electron chi connectivity index (χ4n) is 2.19. The Morgan fingerprint density at radius 3 is 2.81 bits per heavy atom. The third kappa shape index (κ3) is 3.51. The SMILES string of the molecule is CCc1ccc(S(=O)(=O)NCc2cncc(C3CC3)c2)s1. The van der Waals surface area contributed by atoms with E-state index < -0.39 is 10.0 Å². The maximum atomic E-state index is 12.2. The molecular formula is C15H18N2O2S2. The van der Waals surface area contributed by atoms with Crippen LogP contribution in [0.3, 0.4) is 0 Å². The number of nitrogens with one attached hydrogen (secondary N) is 1. The van der Waals surface area contributed by atoms with E-state index in [1.54, 1.807) is 12.3 Å². The summed E-state index contributed by atoms with van der Waals surface area (Å²) in [7, 11) is -3.42. The van der Waals surface area contributed by atoms with Crippen molar-refractivity contribution in [1.29, 1.82) is 0 Å². The van der Waals surface area contributed by atoms with Crippen LogP contribution in [0.25, 0.3) is 0 Å². The molecule has 0 unspecified atom stereocenters. The summed E-state index contributed by atoms with van der Waals surface area (Å²) in [6, 6.07) is 5.60. The van der Waals surface area contributed by atoms with Crippen molar-refractivity contribution in [3.63, 3.8) is 0 Å². The molecule has 3 rings (SSSR count). The van der Waals surface area contributed by atoms with E-state index in [1.807, 2.05) is 19.2 Å². The van der Waals surface area contributed by atoms with Crippen molar-refractivity contribution < 1.29 is 8.42 Å². The van der Waals surface area contributed by atoms with Crippen LogP contribution >= 0.6 is 11.3 Å². The lowest BCUT2D eigenvalue weighted by Crippen LogP contribution is -2.22. The van der Waals surface area contributed by atoms with Gasteiger partial charge in [-0.2, -0.15) is 0 Å². The van der Waals surface area contributed by atoms with E-state index in [9.17, 15) is 8.42 Å². The molecule has 1 fully saturated rings. The van der Waals surface area contributed by atoms with Gasteiger partial charge in [-0.15, -0.1) is 11.3 Å². The maximum absolute atomic E-state index is 12.2. The summed E-state index contributed by atoms with van der Waals surface area (Å²) in [5, 5.41) is 0. The molecule has 0 spiro atoms. The minimum absolute atomic E-state index is 0.287. The Kier molecular flexibility index (Phi) is 4.10. The lowest BCUT2D eigenvalue weighted by Gasteiger charge is -2.06. The van der Waals surface area contributed by atoms with Gasteiger partial charge in [-0.1, -0.05) is 13.0 Å². The average molecular weight is 322 g/mol. The van der Waals surface area contributed by atoms with E-state index in [1.165, 1.54) is 29.7 Å². The lowest BCUT2D eigenvalue weighted by molar-refractivity contribution is 0.583. The van der Waals surface area contributed by atoms with Crippen LogP contribution in [0, 0.1) is 0 Å². The van der Waals surface area contributed by atoms with Gasteiger partial charge in [0.2, 0.25) is 10.0 Å². The van der Waals surface area contributed by atoms with Gasteiger partial charge in [-0.3, -0.25) is 4.98 Å². The fourth-order valence-corrected chi connectivity index (χ4v) is 4.54. The third-order valence-corrected chi connectivity index (χ3v) is 6.70. The van der Waals surface area contributed by atoms with Gasteiger partial charge in [0.05, 0.1) is 0 Å². The standard InChI is InChI=1S/C15H18N2O2S2/c1-2-14-5-6-15(20-14)21(18,19)17-9-11-7-13(10-16-8-11)12-3-4-12/h5-8,10,12,17H,2-4,9H2,1H3. The van der Waals surface area contributed by atoms with Gasteiger partial charge in [0.1, 0.15) is 4.21 Å². The average Bonchev–Trinajstić information content (AvgIpc) is 3.22. The van der Waals surface area contributed by atoms with Gasteiger partial charge >= 0.3 is 0 Å². The second-order valence-corrected chi connectivity index (χ2v) is 8.46. The van der Waals surface area contributed by atoms with Crippen LogP contribution in [-0.4, -0.2) is 13.4 Å². The quantitative estimate of drug-likeness (QED) is 0.889. The molecular weight excluding hydrogens is 304 g/mol. The lowest BCUT2D eigenvalue weighted by atomic mass is 10.1. The minimum atomic E-state index is -3.42. The number of pyridine rings is 1. The van der Waals surface area contributed by atoms with E-state index >= 15 is 0 Å². The molecule has 0 aliphatic heterocycles. The summed E-state index contributed by atoms with van der Waals surface area (Å²) in [4.78, 5) is 5.28. The number of nitrogens with zero attached hydrogens (tertiary/aromatic N) is 1. The number of thiophene rings is 1. The Bertz CT molecular complexity index is 734. The Hall–Kier alpha value is -1.24. The van der Waals surface area contributed by atoms with Crippen LogP contribution in [0.4, 0.5) is 0 Å². The second kappa shape index (κ2) is 5.87. The van der Waals surface area contributed by atoms with Crippen LogP contribution in [0.5, 0.6) is 0 Å². The van der Waals surface area contributed by atoms with E-state index in [-0.39, 0.29) is 6.54 Å². The predicted molar refractivity (Wildman–Crippen MR) is 83.9 cm³/mol. The Balaban J connectivity index is 1.69. The molecule has 0 atom stereocenters. The molecule has 1 aliphatic rings. The highest BCUT2D eigenvalue weighted by atomic mass is 32.2. The first-order valence-electron chi connectivity index (χ1n) is 7.10. The van der Waals surface area contributed by atoms with Gasteiger partial charge in [0, 0.05) is 23.8 Å². The largest absolute Gasteiger partial charge is 0.264 e. The van der Waals surface area contributed by atoms with Crippen LogP contribution in [0.1, 0.15) is 41.7 Å². The maximum Gasteiger partial charge on any atom is 0.250 e. The van der Waals surface area contributed by atoms with Crippen molar-refractivity contribution in [2.75, 3.05) is 0 Å². The van der Waals surface area contributed by atoms with Crippen molar-refractivity contribution >= 4 is 21.4 Å². The molecule has 1 saturated carbocycles. The molecule has 1 N–H and O–H groups in total. The number of aryl methyl sites for hydroxylation is 1. The summed E-state index contributed by atoms with van der Waals surface area (Å²) in [5.74, 6) is 0.624. The molecule has 0 radical (unpaired) electrons. The van der Waals surface area contributed by atoms with Gasteiger partial charge < -0.3 is 0 Å². The van der Waals surface area contributed by atoms with Crippen molar-refractivity contribution in [3.05, 3.63) is 46.6 Å². The van der Waals surface area contributed by atoms with Crippen LogP contribution in [0.15, 0.2) is 34.8 Å². The van der Waals surface area contributed by atoms with Crippen LogP contribution in [-0.2, 0) is 23.0 Å². The molecule has 112 valence electrons. The molecule has 0 saturated heterocycles. The minimum Gasteiger partial charge on any atom is -0.264 e. The van der Waals surface area contributed by atoms with Gasteiger partial charge in [0.25, 0.3) is 0 Å². The molecule has 0 aromatic carbocycles. The summed E-state index contributed by atoms with van der Waals surface area (Å²) in [6.45, 7) is 2.31. The smallest absolute Gasteiger partial charge is 0.250 e. The Labute approximate surface area is 129 Å². The predicted octanol–water partition coefficient (Wildman–Crippen LogP) is 3.06. The number of sulfonamides is 1. The van der Waals surface area contributed by atoms with E-state index in [0.717, 1.165) is 16.9 Å². The van der Waals surface area contributed by atoms with E-state index in [2.05, 4.69) is 15.8 Å². The zero-order valence-corrected chi connectivity index (χ0v) is 13.5. The Morgan fingerprint density at radius 2 is 2.14 bits per heavy atom. The molecule has 0 bridgehead atoms. The van der Waals surface area contributed by atoms with Gasteiger partial charge in [0.15, 0.2) is 0 Å². The van der Waals surface area contributed by atoms with Crippen LogP contribution < -0.4 is 4.72 Å². The summed E-state index contributed by atoms with van der Waals surface area (Å²) >= 11 is 1.33. The molecule has 2 aromatic rings. The molecule has 4 nitrogen and oxygen atoms in total. The Morgan fingerprint density at radius 1 is 1.33 bits per heavy atom. The molecule has 1 aliphatic carbocycles. The molecule has 2 heterocycles. The molecule has 2 aromatic heterocycles. The second-order valence-electron chi connectivity index (χ2n) is 5.30. The summed E-state index contributed by atoms with van der Waals surface area (Å²) in [5.41, 5.74) is 2.13. The fraction of sp³-hybridized carbons (Fsp3) is 0.400. The summed E-state index contributed by atoms with van der Waals surface area (Å²) < 4.78 is 27.5. The molecule has 21 heavy (non-hydrogen) atoms. The normalized spacial score (nSPS) is 15.3. The first kappa shape index (κ1) is 14.7. The summed E-state index contributed by atoms with van der Waals surface area (Å²) in [6.07, 6.45) is 6.88. The van der Waals surface area contributed by atoms with Crippen molar-refractivity contribution in [2.45, 2.75) is 42.9 Å². The first-order valence-corrected chi connectivity index (χ1v) is 9.40. The van der Waals surface area contributed by atoms with E-state index in [4.69, 9.17) is 0 Å². The highest BCUT2D eigenvalue weighted by Crippen LogP contribution is 2.39. The van der Waals surface area contributed by atoms with Gasteiger partial charge in [-0.25, -0.2) is 13.1 Å². The number of hydrogen-bond donors (Lipinski definition) is 1. The zero-order valence-electron chi connectivity index (χ0n) is 11.9. The van der Waals surface area contributed by atoms with Crippen molar-refractivity contribution in [3.8, 4) is 0 Å². The van der Waals surface area contributed by atoms with Crippen molar-refractivity contribution in [2.24, 2.45) is 0 Å². The number of aromatic nitrogens is 1. The topological polar surface area (TPSA) is 59.1 Å². The van der Waals surface area contributed by atoms with Crippen LogP contribution in [0.2, 0.25) is 0 Å². The van der Waals surface area contributed by atoms with Crippen molar-refractivity contribution in [1.82, 2.24) is 9.71 Å². The van der Waals surface area contributed by atoms with E-state index in [0.29, 0.717) is 10.1 Å². The zero-order chi connectivity index (χ0) is 14.9. The highest BCUT2D eigenvalue weighted by molar-refractivity contribution is 7.91. The monoisotopic (exact) mass is 322 g/mol. The number of rotatable bonds is 6. The highest BCUT2D eigenvalue weighted by Gasteiger charge is 2.24. The first-order chi connectivity index (χ1) is 10.1. The third-order valence-electron chi connectivity index (χ3n) is 3.58. The molecule has 6 heteroatoms. The number of hydrogen-bond acceptors (Lipinski definition) is 4. The molecule has 0 amide bonds. The van der Waals surface area contributed by atoms with Gasteiger partial charge in [-0.05, 0) is 48.4 Å².